The van der Waals surface area contributed by atoms with Crippen LogP contribution < -0.4 is 25.0 Å². The van der Waals surface area contributed by atoms with Crippen LogP contribution in [0.2, 0.25) is 0 Å². The molecule has 0 radical (unpaired) electrons. The van der Waals surface area contributed by atoms with Gasteiger partial charge in [-0.2, -0.15) is 5.10 Å². The van der Waals surface area contributed by atoms with E-state index < -0.39 is 17.7 Å². The first kappa shape index (κ1) is 29.7. The molecule has 0 spiro atoms. The van der Waals surface area contributed by atoms with Crippen LogP contribution in [-0.4, -0.2) is 55.5 Å². The molecule has 224 valence electrons. The molecule has 2 N–H and O–H groups in total. The van der Waals surface area contributed by atoms with Crippen molar-refractivity contribution in [3.8, 4) is 23.0 Å². The van der Waals surface area contributed by atoms with E-state index in [0.29, 0.717) is 34.8 Å². The van der Waals surface area contributed by atoms with E-state index in [4.69, 9.17) is 14.2 Å². The second-order valence-corrected chi connectivity index (χ2v) is 10.0. The van der Waals surface area contributed by atoms with Crippen molar-refractivity contribution >= 4 is 28.8 Å². The number of pyridine rings is 1. The highest BCUT2D eigenvalue weighted by Crippen LogP contribution is 2.38. The first-order valence-corrected chi connectivity index (χ1v) is 14.1. The van der Waals surface area contributed by atoms with Crippen molar-refractivity contribution in [2.45, 2.75) is 25.7 Å². The normalized spacial score (nSPS) is 13.7. The highest BCUT2D eigenvalue weighted by molar-refractivity contribution is 5.91. The van der Waals surface area contributed by atoms with Gasteiger partial charge in [-0.25, -0.2) is 19.0 Å². The van der Waals surface area contributed by atoms with Crippen molar-refractivity contribution in [3.63, 3.8) is 0 Å². The van der Waals surface area contributed by atoms with Crippen LogP contribution in [0.5, 0.6) is 23.0 Å². The van der Waals surface area contributed by atoms with Crippen molar-refractivity contribution in [1.82, 2.24) is 15.3 Å². The smallest absolute Gasteiger partial charge is 0.339 e. The van der Waals surface area contributed by atoms with Gasteiger partial charge < -0.3 is 24.4 Å². The Morgan fingerprint density at radius 1 is 0.977 bits per heavy atom. The van der Waals surface area contributed by atoms with Gasteiger partial charge in [0.2, 0.25) is 0 Å². The number of carbonyl (C=O) groups excluding carboxylic acids is 1. The van der Waals surface area contributed by atoms with Crippen LogP contribution in [0.4, 0.5) is 19.3 Å². The molecule has 2 heterocycles. The number of methoxy groups -OCH3 is 1. The third-order valence-electron chi connectivity index (χ3n) is 7.00. The lowest BCUT2D eigenvalue weighted by Crippen LogP contribution is -2.31. The number of likely N-dealkylation sites (tertiary alicyclic amines) is 1. The SMILES string of the molecule is COc1cc2c(Oc3ccc(NC(=O)N/N=C/c4ccccc4F)cc3F)ccnc2cc1OCCCN1CCCCC1. The largest absolute Gasteiger partial charge is 0.493 e. The van der Waals surface area contributed by atoms with Gasteiger partial charge in [-0.05, 0) is 62.7 Å². The van der Waals surface area contributed by atoms with Crippen LogP contribution in [0.3, 0.4) is 0 Å². The number of rotatable bonds is 11. The third kappa shape index (κ3) is 7.95. The summed E-state index contributed by atoms with van der Waals surface area (Å²) in [5.74, 6) is 0.258. The minimum Gasteiger partial charge on any atom is -0.493 e. The highest BCUT2D eigenvalue weighted by atomic mass is 19.1. The molecule has 5 rings (SSSR count). The molecule has 4 aromatic rings. The molecule has 9 nitrogen and oxygen atoms in total. The predicted molar refractivity (Wildman–Crippen MR) is 161 cm³/mol. The van der Waals surface area contributed by atoms with E-state index in [9.17, 15) is 13.6 Å². The lowest BCUT2D eigenvalue weighted by atomic mass is 10.1. The number of hydrogen-bond donors (Lipinski definition) is 2. The second kappa shape index (κ2) is 14.4. The van der Waals surface area contributed by atoms with Crippen LogP contribution in [0, 0.1) is 11.6 Å². The monoisotopic (exact) mass is 589 g/mol. The summed E-state index contributed by atoms with van der Waals surface area (Å²) in [5, 5.41) is 6.80. The average Bonchev–Trinajstić information content (AvgIpc) is 3.02. The van der Waals surface area contributed by atoms with Crippen molar-refractivity contribution < 1.29 is 27.8 Å². The molecule has 0 atom stereocenters. The number of carbonyl (C=O) groups is 1. The van der Waals surface area contributed by atoms with Gasteiger partial charge in [-0.3, -0.25) is 4.98 Å². The maximum Gasteiger partial charge on any atom is 0.339 e. The molecule has 0 unspecified atom stereocenters. The number of aromatic nitrogens is 1. The quantitative estimate of drug-likeness (QED) is 0.115. The Morgan fingerprint density at radius 3 is 2.60 bits per heavy atom. The van der Waals surface area contributed by atoms with E-state index in [1.165, 1.54) is 49.7 Å². The summed E-state index contributed by atoms with van der Waals surface area (Å²) in [5.41, 5.74) is 3.21. The van der Waals surface area contributed by atoms with Gasteiger partial charge in [0.05, 0.1) is 25.4 Å². The van der Waals surface area contributed by atoms with Gasteiger partial charge in [0.15, 0.2) is 23.1 Å². The second-order valence-electron chi connectivity index (χ2n) is 10.0. The van der Waals surface area contributed by atoms with Gasteiger partial charge in [0.25, 0.3) is 0 Å². The Balaban J connectivity index is 1.21. The Labute approximate surface area is 248 Å². The molecule has 1 aromatic heterocycles. The van der Waals surface area contributed by atoms with Crippen molar-refractivity contribution in [1.29, 1.82) is 0 Å². The van der Waals surface area contributed by atoms with Gasteiger partial charge in [-0.1, -0.05) is 24.6 Å². The number of amides is 2. The summed E-state index contributed by atoms with van der Waals surface area (Å²) in [6.07, 6.45) is 7.48. The number of benzene rings is 3. The van der Waals surface area contributed by atoms with Gasteiger partial charge in [0.1, 0.15) is 11.6 Å². The zero-order valence-corrected chi connectivity index (χ0v) is 23.8. The summed E-state index contributed by atoms with van der Waals surface area (Å²) in [6, 6.07) is 14.5. The van der Waals surface area contributed by atoms with E-state index in [0.717, 1.165) is 32.1 Å². The van der Waals surface area contributed by atoms with Crippen molar-refractivity contribution in [3.05, 3.63) is 84.1 Å². The molecule has 1 aliphatic heterocycles. The number of piperidine rings is 1. The molecule has 43 heavy (non-hydrogen) atoms. The van der Waals surface area contributed by atoms with Crippen molar-refractivity contribution in [2.75, 3.05) is 38.7 Å². The first-order valence-electron chi connectivity index (χ1n) is 14.1. The van der Waals surface area contributed by atoms with Crippen molar-refractivity contribution in [2.24, 2.45) is 5.10 Å². The molecule has 1 saturated heterocycles. The molecule has 0 bridgehead atoms. The maximum atomic E-state index is 15.0. The van der Waals surface area contributed by atoms with Crippen LogP contribution in [0.1, 0.15) is 31.2 Å². The lowest BCUT2D eigenvalue weighted by molar-refractivity contribution is 0.203. The zero-order chi connectivity index (χ0) is 30.0. The Hall–Kier alpha value is -4.77. The number of fused-ring (bicyclic) bond motifs is 1. The number of anilines is 1. The topological polar surface area (TPSA) is 97.3 Å². The fourth-order valence-corrected chi connectivity index (χ4v) is 4.82. The summed E-state index contributed by atoms with van der Waals surface area (Å²) in [6.45, 7) is 3.85. The number of hydrogen-bond acceptors (Lipinski definition) is 7. The first-order chi connectivity index (χ1) is 21.0. The number of nitrogens with zero attached hydrogens (tertiary/aromatic N) is 3. The van der Waals surface area contributed by atoms with Crippen LogP contribution in [0.15, 0.2) is 72.0 Å². The Bertz CT molecular complexity index is 1590. The lowest BCUT2D eigenvalue weighted by Gasteiger charge is -2.26. The number of nitrogens with one attached hydrogen (secondary N) is 2. The Kier molecular flexibility index (Phi) is 9.96. The van der Waals surface area contributed by atoms with E-state index in [2.05, 4.69) is 25.7 Å². The molecule has 2 amide bonds. The van der Waals surface area contributed by atoms with E-state index >= 15 is 0 Å². The molecule has 11 heteroatoms. The fraction of sp³-hybridized carbons (Fsp3) is 0.281. The fourth-order valence-electron chi connectivity index (χ4n) is 4.82. The highest BCUT2D eigenvalue weighted by Gasteiger charge is 2.15. The Morgan fingerprint density at radius 2 is 1.81 bits per heavy atom. The van der Waals surface area contributed by atoms with Crippen LogP contribution in [-0.2, 0) is 0 Å². The van der Waals surface area contributed by atoms with E-state index in [-0.39, 0.29) is 17.0 Å². The minimum atomic E-state index is -0.725. The molecule has 3 aromatic carbocycles. The number of urea groups is 1. The average molecular weight is 590 g/mol. The zero-order valence-electron chi connectivity index (χ0n) is 23.8. The molecular formula is C32H33F2N5O4. The van der Waals surface area contributed by atoms with Crippen LogP contribution in [0.25, 0.3) is 10.9 Å². The predicted octanol–water partition coefficient (Wildman–Crippen LogP) is 6.72. The van der Waals surface area contributed by atoms with Gasteiger partial charge in [0, 0.05) is 41.5 Å². The summed E-state index contributed by atoms with van der Waals surface area (Å²) in [4.78, 5) is 19.1. The summed E-state index contributed by atoms with van der Waals surface area (Å²) in [7, 11) is 1.56. The number of ether oxygens (including phenoxy) is 3. The molecular weight excluding hydrogens is 556 g/mol. The maximum absolute atomic E-state index is 15.0. The van der Waals surface area contributed by atoms with Gasteiger partial charge in [-0.15, -0.1) is 0 Å². The summed E-state index contributed by atoms with van der Waals surface area (Å²) >= 11 is 0. The van der Waals surface area contributed by atoms with E-state index in [1.54, 1.807) is 43.6 Å². The van der Waals surface area contributed by atoms with Gasteiger partial charge >= 0.3 is 6.03 Å². The summed E-state index contributed by atoms with van der Waals surface area (Å²) < 4.78 is 46.2. The molecule has 0 aliphatic carbocycles. The third-order valence-corrected chi connectivity index (χ3v) is 7.00. The molecule has 0 saturated carbocycles. The minimum absolute atomic E-state index is 0.0481. The van der Waals surface area contributed by atoms with E-state index in [1.807, 2.05) is 0 Å². The van der Waals surface area contributed by atoms with Crippen LogP contribution >= 0.6 is 0 Å². The molecule has 1 aliphatic rings. The number of halogens is 2. The number of hydrazone groups is 1. The molecule has 1 fully saturated rings. The standard InChI is InChI=1S/C32H33F2N5O4/c1-41-30-19-24-27(20-31(30)42-17-7-16-39-14-5-2-6-15-39)35-13-12-28(24)43-29-11-10-23(18-26(29)34)37-32(40)38-36-21-22-8-3-4-9-25(22)33/h3-4,8-13,18-21H,2,5-7,14-17H2,1H3,(H2,37,38,40)/b36-21+.